The smallest absolute Gasteiger partial charge is 0.221 e. The summed E-state index contributed by atoms with van der Waals surface area (Å²) in [6.07, 6.45) is 1.48. The number of methoxy groups -OCH3 is 1. The van der Waals surface area contributed by atoms with Gasteiger partial charge in [-0.15, -0.1) is 0 Å². The van der Waals surface area contributed by atoms with Gasteiger partial charge in [-0.05, 0) is 24.6 Å². The Morgan fingerprint density at radius 2 is 1.94 bits per heavy atom. The zero-order valence-corrected chi connectivity index (χ0v) is 11.0. The summed E-state index contributed by atoms with van der Waals surface area (Å²) in [5.41, 5.74) is 2.03. The molecule has 0 saturated carbocycles. The van der Waals surface area contributed by atoms with Crippen molar-refractivity contribution in [1.29, 1.82) is 0 Å². The van der Waals surface area contributed by atoms with Crippen LogP contribution in [0, 0.1) is 6.92 Å². The second-order valence-corrected chi connectivity index (χ2v) is 4.27. The molecule has 4 nitrogen and oxygen atoms in total. The van der Waals surface area contributed by atoms with Crippen molar-refractivity contribution < 1.29 is 4.74 Å². The number of nitrogens with zero attached hydrogens (tertiary/aromatic N) is 2. The first-order valence-electron chi connectivity index (χ1n) is 5.54. The summed E-state index contributed by atoms with van der Waals surface area (Å²) < 4.78 is 5.14. The molecular weight excluding hydrogens is 250 g/mol. The maximum absolute atomic E-state index is 5.84. The molecule has 0 radical (unpaired) electrons. The molecule has 0 aliphatic rings. The van der Waals surface area contributed by atoms with Crippen molar-refractivity contribution >= 4 is 17.4 Å². The van der Waals surface area contributed by atoms with Gasteiger partial charge < -0.3 is 10.1 Å². The number of aromatic nitrogens is 2. The largest absolute Gasteiger partial charge is 0.481 e. The molecule has 2 rings (SSSR count). The first-order valence-corrected chi connectivity index (χ1v) is 5.92. The van der Waals surface area contributed by atoms with Crippen LogP contribution in [0.25, 0.3) is 0 Å². The Bertz CT molecular complexity index is 528. The van der Waals surface area contributed by atoms with E-state index in [4.69, 9.17) is 16.3 Å². The molecule has 5 heteroatoms. The van der Waals surface area contributed by atoms with E-state index in [1.807, 2.05) is 31.2 Å². The number of ether oxygens (including phenoxy) is 1. The minimum atomic E-state index is 0.587. The Morgan fingerprint density at radius 1 is 1.22 bits per heavy atom. The number of halogens is 1. The Balaban J connectivity index is 2.08. The van der Waals surface area contributed by atoms with Gasteiger partial charge in [0.25, 0.3) is 0 Å². The predicted molar refractivity (Wildman–Crippen MR) is 72.1 cm³/mol. The van der Waals surface area contributed by atoms with Gasteiger partial charge in [0.1, 0.15) is 12.1 Å². The van der Waals surface area contributed by atoms with E-state index in [1.54, 1.807) is 7.11 Å². The number of hydrogen-bond donors (Lipinski definition) is 1. The summed E-state index contributed by atoms with van der Waals surface area (Å²) in [5.74, 6) is 1.36. The lowest BCUT2D eigenvalue weighted by Gasteiger charge is -2.10. The zero-order valence-electron chi connectivity index (χ0n) is 10.3. The minimum absolute atomic E-state index is 0.587. The number of benzene rings is 1. The van der Waals surface area contributed by atoms with Crippen molar-refractivity contribution in [1.82, 2.24) is 9.97 Å². The van der Waals surface area contributed by atoms with Crippen LogP contribution in [-0.2, 0) is 6.54 Å². The molecule has 0 aliphatic heterocycles. The molecule has 1 heterocycles. The van der Waals surface area contributed by atoms with Gasteiger partial charge in [-0.2, -0.15) is 0 Å². The molecule has 1 aromatic heterocycles. The highest BCUT2D eigenvalue weighted by Crippen LogP contribution is 2.20. The Hall–Kier alpha value is -1.81. The van der Waals surface area contributed by atoms with E-state index < -0.39 is 0 Å². The zero-order chi connectivity index (χ0) is 13.0. The van der Waals surface area contributed by atoms with Crippen molar-refractivity contribution in [2.75, 3.05) is 12.4 Å². The molecule has 0 spiro atoms. The van der Waals surface area contributed by atoms with Crippen molar-refractivity contribution in [3.63, 3.8) is 0 Å². The Kier molecular flexibility index (Phi) is 3.99. The third-order valence-electron chi connectivity index (χ3n) is 2.60. The van der Waals surface area contributed by atoms with Gasteiger partial charge in [0.05, 0.1) is 12.7 Å². The van der Waals surface area contributed by atoms with E-state index in [2.05, 4.69) is 15.3 Å². The highest BCUT2D eigenvalue weighted by Gasteiger charge is 2.06. The fraction of sp³-hybridized carbons (Fsp3) is 0.231. The number of anilines is 1. The molecule has 0 fully saturated rings. The summed E-state index contributed by atoms with van der Waals surface area (Å²) in [5, 5.41) is 3.98. The van der Waals surface area contributed by atoms with E-state index in [-0.39, 0.29) is 0 Å². The van der Waals surface area contributed by atoms with Crippen LogP contribution in [0.3, 0.4) is 0 Å². The average Bonchev–Trinajstić information content (AvgIpc) is 2.39. The van der Waals surface area contributed by atoms with Crippen LogP contribution in [0.5, 0.6) is 5.88 Å². The van der Waals surface area contributed by atoms with Crippen molar-refractivity contribution in [3.05, 3.63) is 46.7 Å². The van der Waals surface area contributed by atoms with E-state index >= 15 is 0 Å². The van der Waals surface area contributed by atoms with Gasteiger partial charge in [-0.3, -0.25) is 0 Å². The van der Waals surface area contributed by atoms with E-state index in [0.29, 0.717) is 12.4 Å². The van der Waals surface area contributed by atoms with Crippen molar-refractivity contribution in [2.45, 2.75) is 13.5 Å². The lowest BCUT2D eigenvalue weighted by molar-refractivity contribution is 0.393. The summed E-state index contributed by atoms with van der Waals surface area (Å²) in [7, 11) is 1.60. The van der Waals surface area contributed by atoms with Crippen LogP contribution in [0.2, 0.25) is 5.02 Å². The third kappa shape index (κ3) is 2.90. The lowest BCUT2D eigenvalue weighted by Crippen LogP contribution is -2.05. The molecule has 0 unspecified atom stereocenters. The second kappa shape index (κ2) is 5.69. The molecule has 1 N–H and O–H groups in total. The van der Waals surface area contributed by atoms with Crippen LogP contribution in [0.1, 0.15) is 11.1 Å². The van der Waals surface area contributed by atoms with Gasteiger partial charge in [0.2, 0.25) is 5.88 Å². The van der Waals surface area contributed by atoms with Crippen molar-refractivity contribution in [3.8, 4) is 5.88 Å². The summed E-state index contributed by atoms with van der Waals surface area (Å²) in [6, 6.07) is 7.68. The average molecular weight is 264 g/mol. The number of hydrogen-bond acceptors (Lipinski definition) is 4. The minimum Gasteiger partial charge on any atom is -0.481 e. The van der Waals surface area contributed by atoms with E-state index in [1.165, 1.54) is 6.33 Å². The van der Waals surface area contributed by atoms with Gasteiger partial charge >= 0.3 is 0 Å². The standard InChI is InChI=1S/C13H14ClN3O/c1-9-12(16-8-17-13(9)18-2)15-7-10-3-5-11(14)6-4-10/h3-6,8H,7H2,1-2H3,(H,15,16,17). The molecule has 0 atom stereocenters. The first kappa shape index (κ1) is 12.6. The Morgan fingerprint density at radius 3 is 2.61 bits per heavy atom. The van der Waals surface area contributed by atoms with E-state index in [0.717, 1.165) is 22.0 Å². The molecular formula is C13H14ClN3O. The van der Waals surface area contributed by atoms with Gasteiger partial charge in [0, 0.05) is 11.6 Å². The number of rotatable bonds is 4. The summed E-state index contributed by atoms with van der Waals surface area (Å²) in [6.45, 7) is 2.60. The maximum Gasteiger partial charge on any atom is 0.221 e. The van der Waals surface area contributed by atoms with E-state index in [9.17, 15) is 0 Å². The van der Waals surface area contributed by atoms with Gasteiger partial charge in [-0.25, -0.2) is 9.97 Å². The molecule has 0 aliphatic carbocycles. The van der Waals surface area contributed by atoms with Crippen LogP contribution >= 0.6 is 11.6 Å². The predicted octanol–water partition coefficient (Wildman–Crippen LogP) is 3.06. The molecule has 18 heavy (non-hydrogen) atoms. The molecule has 2 aromatic rings. The molecule has 0 amide bonds. The maximum atomic E-state index is 5.84. The molecule has 1 aromatic carbocycles. The second-order valence-electron chi connectivity index (χ2n) is 3.84. The van der Waals surface area contributed by atoms with Crippen LogP contribution in [0.15, 0.2) is 30.6 Å². The topological polar surface area (TPSA) is 47.0 Å². The van der Waals surface area contributed by atoms with Crippen LogP contribution in [0.4, 0.5) is 5.82 Å². The molecule has 94 valence electrons. The normalized spacial score (nSPS) is 10.2. The van der Waals surface area contributed by atoms with Crippen LogP contribution in [-0.4, -0.2) is 17.1 Å². The quantitative estimate of drug-likeness (QED) is 0.921. The highest BCUT2D eigenvalue weighted by molar-refractivity contribution is 6.30. The molecule has 0 saturated heterocycles. The molecule has 0 bridgehead atoms. The fourth-order valence-corrected chi connectivity index (χ4v) is 1.73. The monoisotopic (exact) mass is 263 g/mol. The lowest BCUT2D eigenvalue weighted by atomic mass is 10.2. The highest BCUT2D eigenvalue weighted by atomic mass is 35.5. The van der Waals surface area contributed by atoms with Crippen LogP contribution < -0.4 is 10.1 Å². The first-order chi connectivity index (χ1) is 8.70. The number of nitrogens with one attached hydrogen (secondary N) is 1. The van der Waals surface area contributed by atoms with Gasteiger partial charge in [-0.1, -0.05) is 23.7 Å². The SMILES string of the molecule is COc1ncnc(NCc2ccc(Cl)cc2)c1C. The van der Waals surface area contributed by atoms with Gasteiger partial charge in [0.15, 0.2) is 0 Å². The third-order valence-corrected chi connectivity index (χ3v) is 2.86. The Labute approximate surface area is 111 Å². The summed E-state index contributed by atoms with van der Waals surface area (Å²) in [4.78, 5) is 8.22. The summed E-state index contributed by atoms with van der Waals surface area (Å²) >= 11 is 5.84. The fourth-order valence-electron chi connectivity index (χ4n) is 1.61. The van der Waals surface area contributed by atoms with Crippen molar-refractivity contribution in [2.24, 2.45) is 0 Å².